The summed E-state index contributed by atoms with van der Waals surface area (Å²) in [6, 6.07) is 1.87. The fourth-order valence-electron chi connectivity index (χ4n) is 4.84. The lowest BCUT2D eigenvalue weighted by atomic mass is 9.92. The van der Waals surface area contributed by atoms with Gasteiger partial charge in [-0.2, -0.15) is 0 Å². The summed E-state index contributed by atoms with van der Waals surface area (Å²) in [5, 5.41) is 7.19. The first-order valence-corrected chi connectivity index (χ1v) is 12.9. The number of nitrogens with zero attached hydrogens (tertiary/aromatic N) is 2. The minimum Gasteiger partial charge on any atom is -0.354 e. The summed E-state index contributed by atoms with van der Waals surface area (Å²) in [4.78, 5) is 7.48. The van der Waals surface area contributed by atoms with Gasteiger partial charge in [-0.3, -0.25) is 4.99 Å². The third-order valence-electron chi connectivity index (χ3n) is 6.71. The van der Waals surface area contributed by atoms with Crippen LogP contribution in [0, 0.1) is 5.92 Å². The van der Waals surface area contributed by atoms with Gasteiger partial charge >= 0.3 is 0 Å². The minimum atomic E-state index is -2.81. The van der Waals surface area contributed by atoms with Crippen molar-refractivity contribution in [2.75, 3.05) is 31.1 Å². The van der Waals surface area contributed by atoms with Crippen LogP contribution in [0.4, 0.5) is 0 Å². The fourth-order valence-corrected chi connectivity index (χ4v) is 6.69. The number of hydrogen-bond acceptors (Lipinski definition) is 4. The van der Waals surface area contributed by atoms with E-state index in [0.717, 1.165) is 18.4 Å². The molecule has 2 aliphatic heterocycles. The Bertz CT molecular complexity index is 618. The molecule has 0 aromatic rings. The second kappa shape index (κ2) is 8.68. The molecule has 2 heterocycles. The maximum atomic E-state index is 11.7. The van der Waals surface area contributed by atoms with E-state index in [0.29, 0.717) is 30.1 Å². The highest BCUT2D eigenvalue weighted by atomic mass is 32.2. The highest BCUT2D eigenvalue weighted by Gasteiger charge is 2.30. The molecule has 4 aliphatic rings. The Hall–Kier alpha value is -0.820. The molecule has 154 valence electrons. The summed E-state index contributed by atoms with van der Waals surface area (Å²) in [6.45, 7) is 3.02. The van der Waals surface area contributed by atoms with Crippen molar-refractivity contribution in [1.29, 1.82) is 0 Å². The van der Waals surface area contributed by atoms with Gasteiger partial charge < -0.3 is 15.5 Å². The van der Waals surface area contributed by atoms with Crippen molar-refractivity contribution in [3.63, 3.8) is 0 Å². The van der Waals surface area contributed by atoms with Crippen molar-refractivity contribution < 1.29 is 8.42 Å². The number of nitrogens with one attached hydrogen (secondary N) is 2. The first-order valence-electron chi connectivity index (χ1n) is 11.1. The van der Waals surface area contributed by atoms with Gasteiger partial charge in [-0.1, -0.05) is 19.3 Å². The molecule has 2 aliphatic carbocycles. The molecule has 0 radical (unpaired) electrons. The Morgan fingerprint density at radius 3 is 2.15 bits per heavy atom. The average molecular weight is 397 g/mol. The van der Waals surface area contributed by atoms with Crippen molar-refractivity contribution >= 4 is 15.8 Å². The second-order valence-electron chi connectivity index (χ2n) is 9.12. The molecule has 0 aromatic heterocycles. The van der Waals surface area contributed by atoms with Crippen LogP contribution in [0.1, 0.15) is 64.2 Å². The molecule has 2 N–H and O–H groups in total. The lowest BCUT2D eigenvalue weighted by Gasteiger charge is -2.39. The first kappa shape index (κ1) is 19.5. The van der Waals surface area contributed by atoms with Gasteiger partial charge in [0.2, 0.25) is 0 Å². The molecule has 1 unspecified atom stereocenters. The van der Waals surface area contributed by atoms with Crippen molar-refractivity contribution in [2.45, 2.75) is 82.3 Å². The number of sulfone groups is 1. The Morgan fingerprint density at radius 2 is 1.56 bits per heavy atom. The number of rotatable bonds is 5. The number of aliphatic imine (C=N–C) groups is 1. The zero-order valence-corrected chi connectivity index (χ0v) is 17.4. The van der Waals surface area contributed by atoms with Crippen LogP contribution in [0.15, 0.2) is 4.99 Å². The van der Waals surface area contributed by atoms with Crippen LogP contribution in [0.5, 0.6) is 0 Å². The topological polar surface area (TPSA) is 73.8 Å². The Labute approximate surface area is 164 Å². The predicted octanol–water partition coefficient (Wildman–Crippen LogP) is 1.92. The number of hydrogen-bond donors (Lipinski definition) is 2. The van der Waals surface area contributed by atoms with Crippen molar-refractivity contribution in [2.24, 2.45) is 10.9 Å². The van der Waals surface area contributed by atoms with Crippen LogP contribution in [0.3, 0.4) is 0 Å². The van der Waals surface area contributed by atoms with Gasteiger partial charge in [-0.05, 0) is 50.9 Å². The molecular weight excluding hydrogens is 360 g/mol. The molecule has 2 saturated carbocycles. The Balaban J connectivity index is 1.26. The molecule has 4 fully saturated rings. The van der Waals surface area contributed by atoms with Gasteiger partial charge in [0.1, 0.15) is 0 Å². The molecule has 1 atom stereocenters. The van der Waals surface area contributed by atoms with Gasteiger partial charge in [-0.15, -0.1) is 0 Å². The maximum absolute atomic E-state index is 11.7. The van der Waals surface area contributed by atoms with E-state index in [1.54, 1.807) is 0 Å². The zero-order chi connectivity index (χ0) is 18.7. The van der Waals surface area contributed by atoms with E-state index in [4.69, 9.17) is 4.99 Å². The third kappa shape index (κ3) is 5.83. The lowest BCUT2D eigenvalue weighted by molar-refractivity contribution is 0.119. The molecule has 0 spiro atoms. The smallest absolute Gasteiger partial charge is 0.191 e. The third-order valence-corrected chi connectivity index (χ3v) is 8.55. The molecule has 6 nitrogen and oxygen atoms in total. The Morgan fingerprint density at radius 1 is 0.889 bits per heavy atom. The van der Waals surface area contributed by atoms with E-state index in [1.165, 1.54) is 70.9 Å². The number of piperidine rings is 1. The van der Waals surface area contributed by atoms with E-state index in [9.17, 15) is 8.42 Å². The Kier molecular flexibility index (Phi) is 6.27. The molecule has 2 saturated heterocycles. The molecule has 7 heteroatoms. The zero-order valence-electron chi connectivity index (χ0n) is 16.5. The molecule has 0 amide bonds. The van der Waals surface area contributed by atoms with E-state index >= 15 is 0 Å². The fraction of sp³-hybridized carbons (Fsp3) is 0.950. The summed E-state index contributed by atoms with van der Waals surface area (Å²) >= 11 is 0. The van der Waals surface area contributed by atoms with Crippen LogP contribution in [-0.2, 0) is 9.84 Å². The van der Waals surface area contributed by atoms with Gasteiger partial charge in [0.05, 0.1) is 11.5 Å². The van der Waals surface area contributed by atoms with E-state index in [1.807, 2.05) is 0 Å². The molecular formula is C20H36N4O2S. The predicted molar refractivity (Wildman–Crippen MR) is 110 cm³/mol. The summed E-state index contributed by atoms with van der Waals surface area (Å²) in [6.07, 6.45) is 12.6. The summed E-state index contributed by atoms with van der Waals surface area (Å²) < 4.78 is 23.3. The average Bonchev–Trinajstić information content (AvgIpc) is 3.42. The summed E-state index contributed by atoms with van der Waals surface area (Å²) in [5.41, 5.74) is 0. The van der Waals surface area contributed by atoms with E-state index in [2.05, 4.69) is 15.5 Å². The van der Waals surface area contributed by atoms with Gasteiger partial charge in [0.25, 0.3) is 0 Å². The molecule has 27 heavy (non-hydrogen) atoms. The quantitative estimate of drug-likeness (QED) is 0.549. The number of likely N-dealkylation sites (tertiary alicyclic amines) is 1. The van der Waals surface area contributed by atoms with Crippen LogP contribution in [-0.4, -0.2) is 68.5 Å². The van der Waals surface area contributed by atoms with Gasteiger partial charge in [0.15, 0.2) is 15.8 Å². The van der Waals surface area contributed by atoms with Crippen LogP contribution in [0.25, 0.3) is 0 Å². The van der Waals surface area contributed by atoms with Crippen LogP contribution in [0.2, 0.25) is 0 Å². The molecule has 0 aromatic carbocycles. The van der Waals surface area contributed by atoms with Crippen LogP contribution >= 0.6 is 0 Å². The first-order chi connectivity index (χ1) is 13.1. The largest absolute Gasteiger partial charge is 0.354 e. The monoisotopic (exact) mass is 396 g/mol. The van der Waals surface area contributed by atoms with Crippen molar-refractivity contribution in [3.05, 3.63) is 0 Å². The lowest BCUT2D eigenvalue weighted by Crippen LogP contribution is -2.51. The van der Waals surface area contributed by atoms with Crippen molar-refractivity contribution in [3.8, 4) is 0 Å². The highest BCUT2D eigenvalue weighted by molar-refractivity contribution is 7.91. The van der Waals surface area contributed by atoms with Gasteiger partial charge in [0, 0.05) is 37.8 Å². The number of guanidine groups is 1. The van der Waals surface area contributed by atoms with Crippen LogP contribution < -0.4 is 10.6 Å². The second-order valence-corrected chi connectivity index (χ2v) is 11.4. The standard InChI is InChI=1S/C20H36N4O2S/c25-27(26)13-10-16(15-27)14-21-20(22-17-6-7-17)23-18-8-11-24(12-9-18)19-4-2-1-3-5-19/h16-19H,1-15H2,(H2,21,22,23). The highest BCUT2D eigenvalue weighted by Crippen LogP contribution is 2.25. The molecule has 4 rings (SSSR count). The minimum absolute atomic E-state index is 0.195. The normalized spacial score (nSPS) is 31.1. The maximum Gasteiger partial charge on any atom is 0.191 e. The van der Waals surface area contributed by atoms with Crippen molar-refractivity contribution in [1.82, 2.24) is 15.5 Å². The SMILES string of the molecule is O=S1(=O)CCC(CN=C(NC2CC2)NC2CCN(C3CCCCC3)CC2)C1. The summed E-state index contributed by atoms with van der Waals surface area (Å²) in [7, 11) is -2.81. The van der Waals surface area contributed by atoms with E-state index < -0.39 is 9.84 Å². The summed E-state index contributed by atoms with van der Waals surface area (Å²) in [5.74, 6) is 1.76. The van der Waals surface area contributed by atoms with Gasteiger partial charge in [-0.25, -0.2) is 8.42 Å². The molecule has 0 bridgehead atoms. The van der Waals surface area contributed by atoms with E-state index in [-0.39, 0.29) is 5.92 Å².